The van der Waals surface area contributed by atoms with Crippen LogP contribution in [0.5, 0.6) is 0 Å². The number of alkyl halides is 3. The molecule has 2 aliphatic rings. The van der Waals surface area contributed by atoms with Gasteiger partial charge in [0, 0.05) is 45.5 Å². The van der Waals surface area contributed by atoms with Crippen LogP contribution >= 0.6 is 0 Å². The number of halogens is 3. The Bertz CT molecular complexity index is 642. The maximum Gasteiger partial charge on any atom is 0.490 e. The monoisotopic (exact) mass is 422 g/mol. The highest BCUT2D eigenvalue weighted by molar-refractivity contribution is 5.73. The molecule has 1 unspecified atom stereocenters. The standard InChI is InChI=1S/C17H28N2O3.C2HF3O2/c1-3-20-10-4-15-5-11-21-17(15)6-8-19(9-7-17)13-16-12-14(2)22-18-16;3-2(4,5)1(6)7/h12,15H,3-11,13H2,1-2H3;(H,6,7). The van der Waals surface area contributed by atoms with Gasteiger partial charge in [-0.2, -0.15) is 13.2 Å². The number of aliphatic carboxylic acids is 1. The molecule has 0 bridgehead atoms. The number of piperidine rings is 1. The van der Waals surface area contributed by atoms with Crippen molar-refractivity contribution in [2.24, 2.45) is 5.92 Å². The summed E-state index contributed by atoms with van der Waals surface area (Å²) in [6.45, 7) is 9.64. The normalized spacial score (nSPS) is 21.8. The van der Waals surface area contributed by atoms with Crippen LogP contribution in [0, 0.1) is 12.8 Å². The third kappa shape index (κ3) is 6.97. The number of rotatable bonds is 6. The van der Waals surface area contributed by atoms with Gasteiger partial charge >= 0.3 is 12.1 Å². The number of carboxylic acid groups (broad SMARTS) is 1. The van der Waals surface area contributed by atoms with Crippen molar-refractivity contribution in [2.75, 3.05) is 32.9 Å². The van der Waals surface area contributed by atoms with E-state index in [9.17, 15) is 13.2 Å². The number of ether oxygens (including phenoxy) is 2. The van der Waals surface area contributed by atoms with Crippen LogP contribution in [0.4, 0.5) is 13.2 Å². The smallest absolute Gasteiger partial charge is 0.475 e. The molecule has 1 atom stereocenters. The van der Waals surface area contributed by atoms with E-state index in [1.807, 2.05) is 13.0 Å². The summed E-state index contributed by atoms with van der Waals surface area (Å²) in [5.74, 6) is -1.21. The van der Waals surface area contributed by atoms with Gasteiger partial charge in [0.25, 0.3) is 0 Å². The van der Waals surface area contributed by atoms with Crippen LogP contribution in [-0.4, -0.2) is 65.8 Å². The molecule has 2 aliphatic heterocycles. The van der Waals surface area contributed by atoms with Gasteiger partial charge < -0.3 is 19.1 Å². The molecule has 166 valence electrons. The maximum absolute atomic E-state index is 10.6. The second kappa shape index (κ2) is 10.4. The quantitative estimate of drug-likeness (QED) is 0.703. The van der Waals surface area contributed by atoms with Gasteiger partial charge in [0.1, 0.15) is 5.76 Å². The molecule has 2 fully saturated rings. The summed E-state index contributed by atoms with van der Waals surface area (Å²) in [7, 11) is 0. The summed E-state index contributed by atoms with van der Waals surface area (Å²) in [6, 6.07) is 2.03. The van der Waals surface area contributed by atoms with E-state index >= 15 is 0 Å². The van der Waals surface area contributed by atoms with E-state index in [1.165, 1.54) is 6.42 Å². The molecule has 7 nitrogen and oxygen atoms in total. The van der Waals surface area contributed by atoms with E-state index in [4.69, 9.17) is 23.9 Å². The number of hydrogen-bond donors (Lipinski definition) is 1. The highest BCUT2D eigenvalue weighted by Gasteiger charge is 2.45. The fraction of sp³-hybridized carbons (Fsp3) is 0.789. The average Bonchev–Trinajstić information content (AvgIpc) is 3.24. The average molecular weight is 422 g/mol. The Labute approximate surface area is 168 Å². The fourth-order valence-corrected chi connectivity index (χ4v) is 3.93. The van der Waals surface area contributed by atoms with Gasteiger partial charge in [-0.15, -0.1) is 0 Å². The number of carbonyl (C=O) groups is 1. The molecule has 1 spiro atoms. The van der Waals surface area contributed by atoms with Gasteiger partial charge in [-0.25, -0.2) is 4.79 Å². The Morgan fingerprint density at radius 2 is 2.07 bits per heavy atom. The minimum atomic E-state index is -5.08. The summed E-state index contributed by atoms with van der Waals surface area (Å²) in [5, 5.41) is 11.2. The number of carboxylic acids is 1. The molecule has 1 aromatic heterocycles. The molecule has 10 heteroatoms. The molecule has 29 heavy (non-hydrogen) atoms. The Morgan fingerprint density at radius 1 is 1.41 bits per heavy atom. The predicted octanol–water partition coefficient (Wildman–Crippen LogP) is 3.41. The maximum atomic E-state index is 10.6. The second-order valence-electron chi connectivity index (χ2n) is 7.39. The van der Waals surface area contributed by atoms with Crippen LogP contribution in [-0.2, 0) is 20.8 Å². The Balaban J connectivity index is 0.000000370. The molecule has 2 saturated heterocycles. The van der Waals surface area contributed by atoms with Gasteiger partial charge in [0.2, 0.25) is 0 Å². The van der Waals surface area contributed by atoms with Gasteiger partial charge in [-0.05, 0) is 45.4 Å². The van der Waals surface area contributed by atoms with E-state index in [2.05, 4.69) is 17.0 Å². The zero-order valence-electron chi connectivity index (χ0n) is 16.8. The van der Waals surface area contributed by atoms with Crippen LogP contribution in [0.3, 0.4) is 0 Å². The predicted molar refractivity (Wildman–Crippen MR) is 97.3 cm³/mol. The first-order valence-electron chi connectivity index (χ1n) is 9.82. The lowest BCUT2D eigenvalue weighted by molar-refractivity contribution is -0.192. The van der Waals surface area contributed by atoms with Crippen molar-refractivity contribution in [2.45, 2.75) is 57.9 Å². The molecule has 0 amide bonds. The highest BCUT2D eigenvalue weighted by atomic mass is 19.4. The number of hydrogen-bond acceptors (Lipinski definition) is 6. The molecule has 3 rings (SSSR count). The molecule has 1 N–H and O–H groups in total. The highest BCUT2D eigenvalue weighted by Crippen LogP contribution is 2.42. The first kappa shape index (κ1) is 23.6. The molecule has 1 aromatic rings. The number of likely N-dealkylation sites (tertiary alicyclic amines) is 1. The van der Waals surface area contributed by atoms with Crippen LogP contribution < -0.4 is 0 Å². The first-order chi connectivity index (χ1) is 13.7. The Morgan fingerprint density at radius 3 is 2.59 bits per heavy atom. The van der Waals surface area contributed by atoms with Crippen molar-refractivity contribution >= 4 is 5.97 Å². The number of aromatic nitrogens is 1. The van der Waals surface area contributed by atoms with E-state index in [1.54, 1.807) is 0 Å². The third-order valence-corrected chi connectivity index (χ3v) is 5.42. The minimum Gasteiger partial charge on any atom is -0.475 e. The molecule has 0 radical (unpaired) electrons. The molecule has 0 saturated carbocycles. The van der Waals surface area contributed by atoms with Crippen LogP contribution in [0.2, 0.25) is 0 Å². The summed E-state index contributed by atoms with van der Waals surface area (Å²) in [6.07, 6.45) is -0.507. The van der Waals surface area contributed by atoms with Crippen LogP contribution in [0.25, 0.3) is 0 Å². The third-order valence-electron chi connectivity index (χ3n) is 5.42. The van der Waals surface area contributed by atoms with E-state index in [0.717, 1.165) is 70.2 Å². The number of nitrogens with zero attached hydrogens (tertiary/aromatic N) is 2. The largest absolute Gasteiger partial charge is 0.490 e. The van der Waals surface area contributed by atoms with Crippen LogP contribution in [0.1, 0.15) is 44.1 Å². The lowest BCUT2D eigenvalue weighted by Gasteiger charge is -2.42. The lowest BCUT2D eigenvalue weighted by atomic mass is 9.78. The summed E-state index contributed by atoms with van der Waals surface area (Å²) >= 11 is 0. The minimum absolute atomic E-state index is 0.105. The zero-order chi connectivity index (χ0) is 21.5. The second-order valence-corrected chi connectivity index (χ2v) is 7.39. The van der Waals surface area contributed by atoms with Crippen molar-refractivity contribution < 1.29 is 37.1 Å². The van der Waals surface area contributed by atoms with Crippen molar-refractivity contribution in [1.82, 2.24) is 10.1 Å². The molecule has 0 aliphatic carbocycles. The molecule has 3 heterocycles. The van der Waals surface area contributed by atoms with Gasteiger partial charge in [-0.3, -0.25) is 4.90 Å². The summed E-state index contributed by atoms with van der Waals surface area (Å²) in [5.41, 5.74) is 1.14. The Kier molecular flexibility index (Phi) is 8.47. The summed E-state index contributed by atoms with van der Waals surface area (Å²) in [4.78, 5) is 11.4. The number of aryl methyl sites for hydroxylation is 1. The van der Waals surface area contributed by atoms with E-state index < -0.39 is 12.1 Å². The molecular weight excluding hydrogens is 393 g/mol. The van der Waals surface area contributed by atoms with Crippen LogP contribution in [0.15, 0.2) is 10.6 Å². The fourth-order valence-electron chi connectivity index (χ4n) is 3.93. The first-order valence-corrected chi connectivity index (χ1v) is 9.82. The lowest BCUT2D eigenvalue weighted by Crippen LogP contribution is -2.47. The molecule has 0 aromatic carbocycles. The Hall–Kier alpha value is -1.65. The topological polar surface area (TPSA) is 85.0 Å². The van der Waals surface area contributed by atoms with Crippen molar-refractivity contribution in [3.63, 3.8) is 0 Å². The van der Waals surface area contributed by atoms with Gasteiger partial charge in [0.15, 0.2) is 0 Å². The van der Waals surface area contributed by atoms with E-state index in [0.29, 0.717) is 5.92 Å². The van der Waals surface area contributed by atoms with Crippen molar-refractivity contribution in [3.8, 4) is 0 Å². The zero-order valence-corrected chi connectivity index (χ0v) is 16.8. The SMILES string of the molecule is CCOCCC1CCOC12CCN(Cc1cc(C)on1)CC2.O=C(O)C(F)(F)F. The summed E-state index contributed by atoms with van der Waals surface area (Å²) < 4.78 is 48.7. The van der Waals surface area contributed by atoms with Crippen molar-refractivity contribution in [1.29, 1.82) is 0 Å². The van der Waals surface area contributed by atoms with Crippen molar-refractivity contribution in [3.05, 3.63) is 17.5 Å². The molecular formula is C19H29F3N2O5. The van der Waals surface area contributed by atoms with Gasteiger partial charge in [0.05, 0.1) is 11.3 Å². The van der Waals surface area contributed by atoms with E-state index in [-0.39, 0.29) is 5.60 Å². The van der Waals surface area contributed by atoms with Gasteiger partial charge in [-0.1, -0.05) is 5.16 Å².